The summed E-state index contributed by atoms with van der Waals surface area (Å²) in [6.07, 6.45) is 0. The number of hydrogen-bond donors (Lipinski definition) is 3. The highest BCUT2D eigenvalue weighted by atomic mass is 127. The molecule has 2 amide bonds. The van der Waals surface area contributed by atoms with Crippen LogP contribution in [0.25, 0.3) is 0 Å². The van der Waals surface area contributed by atoms with Gasteiger partial charge in [-0.15, -0.1) is 11.8 Å². The van der Waals surface area contributed by atoms with Gasteiger partial charge in [0.05, 0.1) is 16.9 Å². The zero-order valence-electron chi connectivity index (χ0n) is 15.6. The van der Waals surface area contributed by atoms with Crippen LogP contribution in [0.15, 0.2) is 77.7 Å². The molecule has 8 heteroatoms. The lowest BCUT2D eigenvalue weighted by Gasteiger charge is -2.09. The topological polar surface area (TPSA) is 95.5 Å². The molecule has 0 aliphatic heterocycles. The van der Waals surface area contributed by atoms with Gasteiger partial charge in [0.25, 0.3) is 5.91 Å². The van der Waals surface area contributed by atoms with E-state index < -0.39 is 11.9 Å². The highest BCUT2D eigenvalue weighted by molar-refractivity contribution is 14.1. The molecule has 0 unspecified atom stereocenters. The Morgan fingerprint density at radius 1 is 0.833 bits per heavy atom. The lowest BCUT2D eigenvalue weighted by molar-refractivity contribution is -0.113. The first-order valence-corrected chi connectivity index (χ1v) is 10.9. The van der Waals surface area contributed by atoms with Crippen LogP contribution < -0.4 is 10.6 Å². The molecule has 0 atom stereocenters. The molecule has 3 N–H and O–H groups in total. The van der Waals surface area contributed by atoms with E-state index >= 15 is 0 Å². The fourth-order valence-corrected chi connectivity index (χ4v) is 3.72. The van der Waals surface area contributed by atoms with Gasteiger partial charge < -0.3 is 15.7 Å². The number of halogens is 1. The number of carbonyl (C=O) groups is 3. The Kier molecular flexibility index (Phi) is 7.47. The van der Waals surface area contributed by atoms with E-state index in [1.54, 1.807) is 30.3 Å². The number of anilines is 2. The zero-order valence-corrected chi connectivity index (χ0v) is 18.6. The summed E-state index contributed by atoms with van der Waals surface area (Å²) < 4.78 is 1.09. The average Bonchev–Trinajstić information content (AvgIpc) is 2.74. The van der Waals surface area contributed by atoms with E-state index in [1.807, 2.05) is 30.3 Å². The summed E-state index contributed by atoms with van der Waals surface area (Å²) in [4.78, 5) is 36.8. The van der Waals surface area contributed by atoms with E-state index in [4.69, 9.17) is 0 Å². The van der Waals surface area contributed by atoms with Crippen molar-refractivity contribution in [3.05, 3.63) is 87.5 Å². The predicted octanol–water partition coefficient (Wildman–Crippen LogP) is 4.97. The van der Waals surface area contributed by atoms with Crippen LogP contribution in [0.5, 0.6) is 0 Å². The molecule has 0 saturated carbocycles. The first kappa shape index (κ1) is 21.8. The highest BCUT2D eigenvalue weighted by Crippen LogP contribution is 2.23. The molecule has 0 saturated heterocycles. The Labute approximate surface area is 191 Å². The number of carboxylic acid groups (broad SMARTS) is 1. The maximum Gasteiger partial charge on any atom is 0.336 e. The van der Waals surface area contributed by atoms with Crippen LogP contribution in [0.2, 0.25) is 0 Å². The highest BCUT2D eigenvalue weighted by Gasteiger charge is 2.16. The Balaban J connectivity index is 1.61. The first-order chi connectivity index (χ1) is 14.4. The third-order valence-electron chi connectivity index (χ3n) is 3.99. The summed E-state index contributed by atoms with van der Waals surface area (Å²) in [6.45, 7) is 0. The molecule has 6 nitrogen and oxygen atoms in total. The quantitative estimate of drug-likeness (QED) is 0.295. The minimum absolute atomic E-state index is 0.0622. The van der Waals surface area contributed by atoms with Gasteiger partial charge in [0.1, 0.15) is 0 Å². The van der Waals surface area contributed by atoms with Crippen LogP contribution in [0.4, 0.5) is 11.4 Å². The van der Waals surface area contributed by atoms with Crippen LogP contribution in [0.3, 0.4) is 0 Å². The van der Waals surface area contributed by atoms with Gasteiger partial charge in [-0.25, -0.2) is 4.79 Å². The number of hydrogen-bond acceptors (Lipinski definition) is 4. The second-order valence-electron chi connectivity index (χ2n) is 6.18. The van der Waals surface area contributed by atoms with Crippen LogP contribution >= 0.6 is 34.4 Å². The van der Waals surface area contributed by atoms with Gasteiger partial charge in [0.2, 0.25) is 5.91 Å². The van der Waals surface area contributed by atoms with Gasteiger partial charge in [0.15, 0.2) is 0 Å². The molecule has 0 heterocycles. The van der Waals surface area contributed by atoms with Gasteiger partial charge in [0, 0.05) is 19.8 Å². The average molecular weight is 532 g/mol. The Morgan fingerprint density at radius 3 is 2.23 bits per heavy atom. The van der Waals surface area contributed by atoms with E-state index in [0.29, 0.717) is 5.69 Å². The predicted molar refractivity (Wildman–Crippen MR) is 126 cm³/mol. The largest absolute Gasteiger partial charge is 0.478 e. The molecule has 0 fully saturated rings. The SMILES string of the molecule is O=C(CSc1cccc(NC(=O)c2ccccc2C(=O)O)c1)Nc1ccc(I)cc1. The molecule has 0 aliphatic carbocycles. The summed E-state index contributed by atoms with van der Waals surface area (Å²) in [5.41, 5.74) is 1.27. The third kappa shape index (κ3) is 6.07. The van der Waals surface area contributed by atoms with Crippen LogP contribution in [0, 0.1) is 3.57 Å². The lowest BCUT2D eigenvalue weighted by atomic mass is 10.1. The second-order valence-corrected chi connectivity index (χ2v) is 8.47. The molecular formula is C22H17IN2O4S. The number of benzene rings is 3. The second kappa shape index (κ2) is 10.3. The minimum Gasteiger partial charge on any atom is -0.478 e. The number of nitrogens with one attached hydrogen (secondary N) is 2. The standard InChI is InChI=1S/C22H17IN2O4S/c23-14-8-10-15(11-9-14)24-20(26)13-30-17-5-3-4-16(12-17)25-21(27)18-6-1-2-7-19(18)22(28)29/h1-12H,13H2,(H,24,26)(H,25,27)(H,28,29). The molecule has 3 aromatic carbocycles. The summed E-state index contributed by atoms with van der Waals surface area (Å²) in [5, 5.41) is 14.8. The maximum atomic E-state index is 12.5. The number of amides is 2. The van der Waals surface area contributed by atoms with Crippen molar-refractivity contribution in [1.82, 2.24) is 0 Å². The zero-order chi connectivity index (χ0) is 21.5. The molecule has 3 rings (SSSR count). The summed E-state index contributed by atoms with van der Waals surface area (Å²) in [6, 6.07) is 20.6. The molecule has 3 aromatic rings. The normalized spacial score (nSPS) is 10.3. The summed E-state index contributed by atoms with van der Waals surface area (Å²) >= 11 is 3.54. The van der Waals surface area contributed by atoms with Crippen molar-refractivity contribution in [3.8, 4) is 0 Å². The third-order valence-corrected chi connectivity index (χ3v) is 5.70. The van der Waals surface area contributed by atoms with Crippen molar-refractivity contribution in [3.63, 3.8) is 0 Å². The minimum atomic E-state index is -1.16. The van der Waals surface area contributed by atoms with Gasteiger partial charge in [-0.1, -0.05) is 18.2 Å². The monoisotopic (exact) mass is 532 g/mol. The molecular weight excluding hydrogens is 515 g/mol. The molecule has 0 aromatic heterocycles. The Bertz CT molecular complexity index is 1090. The van der Waals surface area contributed by atoms with E-state index in [0.717, 1.165) is 14.2 Å². The molecule has 152 valence electrons. The molecule has 30 heavy (non-hydrogen) atoms. The van der Waals surface area contributed by atoms with Crippen LogP contribution in [-0.2, 0) is 4.79 Å². The number of thioether (sulfide) groups is 1. The molecule has 0 bridgehead atoms. The Morgan fingerprint density at radius 2 is 1.53 bits per heavy atom. The molecule has 0 radical (unpaired) electrons. The smallest absolute Gasteiger partial charge is 0.336 e. The Hall–Kier alpha value is -2.85. The van der Waals surface area contributed by atoms with Crippen molar-refractivity contribution in [2.75, 3.05) is 16.4 Å². The van der Waals surface area contributed by atoms with Crippen molar-refractivity contribution in [2.24, 2.45) is 0 Å². The van der Waals surface area contributed by atoms with E-state index in [-0.39, 0.29) is 22.8 Å². The molecule has 0 aliphatic rings. The van der Waals surface area contributed by atoms with Crippen molar-refractivity contribution >= 4 is 63.5 Å². The van der Waals surface area contributed by atoms with E-state index in [9.17, 15) is 19.5 Å². The van der Waals surface area contributed by atoms with Gasteiger partial charge >= 0.3 is 5.97 Å². The van der Waals surface area contributed by atoms with Gasteiger partial charge in [-0.2, -0.15) is 0 Å². The number of carboxylic acids is 1. The number of rotatable bonds is 7. The van der Waals surface area contributed by atoms with Crippen molar-refractivity contribution in [2.45, 2.75) is 4.90 Å². The fraction of sp³-hybridized carbons (Fsp3) is 0.0455. The van der Waals surface area contributed by atoms with Gasteiger partial charge in [-0.3, -0.25) is 9.59 Å². The van der Waals surface area contributed by atoms with Crippen molar-refractivity contribution in [1.29, 1.82) is 0 Å². The maximum absolute atomic E-state index is 12.5. The number of carbonyl (C=O) groups excluding carboxylic acids is 2. The van der Waals surface area contributed by atoms with Crippen LogP contribution in [0.1, 0.15) is 20.7 Å². The van der Waals surface area contributed by atoms with E-state index in [2.05, 4.69) is 33.2 Å². The molecule has 0 spiro atoms. The first-order valence-electron chi connectivity index (χ1n) is 8.84. The fourth-order valence-electron chi connectivity index (χ4n) is 2.61. The van der Waals surface area contributed by atoms with E-state index in [1.165, 1.54) is 23.9 Å². The lowest BCUT2D eigenvalue weighted by Crippen LogP contribution is -2.16. The summed E-state index contributed by atoms with van der Waals surface area (Å²) in [7, 11) is 0. The number of aromatic carboxylic acids is 1. The van der Waals surface area contributed by atoms with Gasteiger partial charge in [-0.05, 0) is 77.2 Å². The van der Waals surface area contributed by atoms with Crippen LogP contribution in [-0.4, -0.2) is 28.6 Å². The summed E-state index contributed by atoms with van der Waals surface area (Å²) in [5.74, 6) is -1.59. The van der Waals surface area contributed by atoms with Crippen molar-refractivity contribution < 1.29 is 19.5 Å².